The number of aliphatic hydroxyl groups is 1. The monoisotopic (exact) mass is 352 g/mol. The molecule has 6 heteroatoms. The number of hydrogen-bond acceptors (Lipinski definition) is 4. The van der Waals surface area contributed by atoms with Crippen LogP contribution in [0.3, 0.4) is 0 Å². The lowest BCUT2D eigenvalue weighted by atomic mass is 10.1. The Bertz CT molecular complexity index is 637. The van der Waals surface area contributed by atoms with E-state index in [4.69, 9.17) is 0 Å². The zero-order chi connectivity index (χ0) is 17.6. The van der Waals surface area contributed by atoms with E-state index in [1.807, 2.05) is 12.1 Å². The zero-order valence-corrected chi connectivity index (χ0v) is 15.1. The second-order valence-corrected chi connectivity index (χ2v) is 8.22. The summed E-state index contributed by atoms with van der Waals surface area (Å²) in [4.78, 5) is 0.308. The number of piperidine rings is 1. The van der Waals surface area contributed by atoms with Gasteiger partial charge in [-0.05, 0) is 50.3 Å². The van der Waals surface area contributed by atoms with Crippen LogP contribution >= 0.6 is 0 Å². The maximum absolute atomic E-state index is 12.8. The Morgan fingerprint density at radius 3 is 2.75 bits per heavy atom. The normalized spacial score (nSPS) is 18.2. The minimum absolute atomic E-state index is 0.297. The van der Waals surface area contributed by atoms with Crippen LogP contribution in [0.5, 0.6) is 0 Å². The van der Waals surface area contributed by atoms with Gasteiger partial charge in [-0.25, -0.2) is 8.42 Å². The number of sulfonamides is 1. The lowest BCUT2D eigenvalue weighted by molar-refractivity contribution is 0.113. The van der Waals surface area contributed by atoms with E-state index in [1.54, 1.807) is 18.2 Å². The molecule has 1 aliphatic rings. The van der Waals surface area contributed by atoms with E-state index in [0.717, 1.165) is 24.9 Å². The number of nitrogens with zero attached hydrogens (tertiary/aromatic N) is 1. The summed E-state index contributed by atoms with van der Waals surface area (Å²) in [5, 5.41) is 13.0. The van der Waals surface area contributed by atoms with Gasteiger partial charge < -0.3 is 10.4 Å². The lowest BCUT2D eigenvalue weighted by Crippen LogP contribution is -2.40. The fourth-order valence-corrected chi connectivity index (χ4v) is 4.43. The quantitative estimate of drug-likeness (QED) is 0.706. The highest BCUT2D eigenvalue weighted by molar-refractivity contribution is 7.89. The van der Waals surface area contributed by atoms with E-state index >= 15 is 0 Å². The first-order valence-electron chi connectivity index (χ1n) is 8.63. The molecule has 0 radical (unpaired) electrons. The van der Waals surface area contributed by atoms with Gasteiger partial charge in [-0.1, -0.05) is 19.1 Å². The molecule has 1 fully saturated rings. The molecule has 0 bridgehead atoms. The Kier molecular flexibility index (Phi) is 6.83. The van der Waals surface area contributed by atoms with Gasteiger partial charge in [0.15, 0.2) is 0 Å². The van der Waals surface area contributed by atoms with Gasteiger partial charge >= 0.3 is 0 Å². The first-order chi connectivity index (χ1) is 11.5. The summed E-state index contributed by atoms with van der Waals surface area (Å²) in [6.45, 7) is 6.60. The van der Waals surface area contributed by atoms with Gasteiger partial charge in [0.1, 0.15) is 0 Å². The highest BCUT2D eigenvalue weighted by Gasteiger charge is 2.28. The molecule has 0 saturated carbocycles. The molecule has 0 spiro atoms. The Morgan fingerprint density at radius 2 is 2.12 bits per heavy atom. The molecule has 0 aliphatic carbocycles. The summed E-state index contributed by atoms with van der Waals surface area (Å²) >= 11 is 0. The molecule has 1 saturated heterocycles. The van der Waals surface area contributed by atoms with Crippen LogP contribution in [0.25, 0.3) is 0 Å². The van der Waals surface area contributed by atoms with Crippen molar-refractivity contribution in [2.45, 2.75) is 56.1 Å². The van der Waals surface area contributed by atoms with Gasteiger partial charge in [0, 0.05) is 24.8 Å². The summed E-state index contributed by atoms with van der Waals surface area (Å²) in [7, 11) is -3.50. The SMILES string of the molecule is C=CCCC(CC)Nc1cccc(S(=O)(=O)N2CCC(O)CC2)c1. The number of hydrogen-bond donors (Lipinski definition) is 2. The Hall–Kier alpha value is -1.37. The third-order valence-corrected chi connectivity index (χ3v) is 6.37. The van der Waals surface area contributed by atoms with Crippen LogP contribution in [-0.2, 0) is 10.0 Å². The van der Waals surface area contributed by atoms with Gasteiger partial charge in [-0.15, -0.1) is 6.58 Å². The van der Waals surface area contributed by atoms with E-state index in [0.29, 0.717) is 36.9 Å². The molecular formula is C18H28N2O3S. The summed E-state index contributed by atoms with van der Waals surface area (Å²) in [6, 6.07) is 7.31. The molecule has 134 valence electrons. The third kappa shape index (κ3) is 4.82. The van der Waals surface area contributed by atoms with Gasteiger partial charge in [-0.3, -0.25) is 0 Å². The maximum Gasteiger partial charge on any atom is 0.243 e. The fraction of sp³-hybridized carbons (Fsp3) is 0.556. The van der Waals surface area contributed by atoms with E-state index in [9.17, 15) is 13.5 Å². The van der Waals surface area contributed by atoms with Crippen molar-refractivity contribution in [2.75, 3.05) is 18.4 Å². The molecule has 1 aromatic carbocycles. The molecule has 5 nitrogen and oxygen atoms in total. The van der Waals surface area contributed by atoms with Crippen LogP contribution in [-0.4, -0.2) is 43.1 Å². The molecule has 24 heavy (non-hydrogen) atoms. The molecule has 2 N–H and O–H groups in total. The van der Waals surface area contributed by atoms with Crippen LogP contribution in [0.2, 0.25) is 0 Å². The lowest BCUT2D eigenvalue weighted by Gasteiger charge is -2.29. The summed E-state index contributed by atoms with van der Waals surface area (Å²) in [5.41, 5.74) is 0.823. The van der Waals surface area contributed by atoms with Crippen molar-refractivity contribution in [3.8, 4) is 0 Å². The molecule has 0 aromatic heterocycles. The summed E-state index contributed by atoms with van der Waals surface area (Å²) in [6.07, 6.45) is 5.37. The second kappa shape index (κ2) is 8.65. The van der Waals surface area contributed by atoms with Crippen molar-refractivity contribution in [1.82, 2.24) is 4.31 Å². The van der Waals surface area contributed by atoms with Crippen LogP contribution in [0.1, 0.15) is 39.0 Å². The average Bonchev–Trinajstić information content (AvgIpc) is 2.59. The van der Waals surface area contributed by atoms with E-state index in [1.165, 1.54) is 4.31 Å². The van der Waals surface area contributed by atoms with E-state index in [2.05, 4.69) is 18.8 Å². The molecule has 2 rings (SSSR count). The van der Waals surface area contributed by atoms with Crippen molar-refractivity contribution in [3.05, 3.63) is 36.9 Å². The average molecular weight is 353 g/mol. The molecule has 1 aliphatic heterocycles. The predicted octanol–water partition coefficient (Wildman–Crippen LogP) is 2.99. The van der Waals surface area contributed by atoms with Crippen molar-refractivity contribution in [3.63, 3.8) is 0 Å². The number of aliphatic hydroxyl groups excluding tert-OH is 1. The third-order valence-electron chi connectivity index (χ3n) is 4.48. The van der Waals surface area contributed by atoms with Gasteiger partial charge in [0.2, 0.25) is 10.0 Å². The highest BCUT2D eigenvalue weighted by atomic mass is 32.2. The Morgan fingerprint density at radius 1 is 1.42 bits per heavy atom. The number of anilines is 1. The van der Waals surface area contributed by atoms with Crippen LogP contribution in [0.4, 0.5) is 5.69 Å². The molecule has 1 unspecified atom stereocenters. The molecule has 1 heterocycles. The van der Waals surface area contributed by atoms with Gasteiger partial charge in [0.05, 0.1) is 11.0 Å². The molecule has 0 amide bonds. The predicted molar refractivity (Wildman–Crippen MR) is 97.6 cm³/mol. The topological polar surface area (TPSA) is 69.6 Å². The minimum atomic E-state index is -3.50. The summed E-state index contributed by atoms with van der Waals surface area (Å²) in [5.74, 6) is 0. The van der Waals surface area contributed by atoms with Crippen LogP contribution < -0.4 is 5.32 Å². The Labute approximate surface area is 145 Å². The Balaban J connectivity index is 2.12. The minimum Gasteiger partial charge on any atom is -0.393 e. The van der Waals surface area contributed by atoms with Crippen molar-refractivity contribution in [2.24, 2.45) is 0 Å². The first-order valence-corrected chi connectivity index (χ1v) is 10.1. The van der Waals surface area contributed by atoms with E-state index in [-0.39, 0.29) is 6.10 Å². The van der Waals surface area contributed by atoms with Crippen molar-refractivity contribution >= 4 is 15.7 Å². The van der Waals surface area contributed by atoms with E-state index < -0.39 is 10.0 Å². The maximum atomic E-state index is 12.8. The zero-order valence-electron chi connectivity index (χ0n) is 14.3. The second-order valence-electron chi connectivity index (χ2n) is 6.28. The van der Waals surface area contributed by atoms with Gasteiger partial charge in [0.25, 0.3) is 0 Å². The van der Waals surface area contributed by atoms with Gasteiger partial charge in [-0.2, -0.15) is 4.31 Å². The highest BCUT2D eigenvalue weighted by Crippen LogP contribution is 2.24. The fourth-order valence-electron chi connectivity index (χ4n) is 2.91. The number of allylic oxidation sites excluding steroid dienone is 1. The van der Waals surface area contributed by atoms with Crippen LogP contribution in [0, 0.1) is 0 Å². The number of benzene rings is 1. The number of rotatable bonds is 8. The first kappa shape index (κ1) is 19.0. The van der Waals surface area contributed by atoms with Crippen LogP contribution in [0.15, 0.2) is 41.8 Å². The van der Waals surface area contributed by atoms with Crippen molar-refractivity contribution < 1.29 is 13.5 Å². The summed E-state index contributed by atoms with van der Waals surface area (Å²) < 4.78 is 27.0. The molecule has 1 aromatic rings. The smallest absolute Gasteiger partial charge is 0.243 e. The standard InChI is InChI=1S/C18H28N2O3S/c1-3-5-7-15(4-2)19-16-8-6-9-18(14-16)24(22,23)20-12-10-17(21)11-13-20/h3,6,8-9,14-15,17,19,21H,1,4-5,7,10-13H2,2H3. The number of nitrogens with one attached hydrogen (secondary N) is 1. The largest absolute Gasteiger partial charge is 0.393 e. The van der Waals surface area contributed by atoms with Crippen molar-refractivity contribution in [1.29, 1.82) is 0 Å². The molecule has 1 atom stereocenters. The molecular weight excluding hydrogens is 324 g/mol.